The highest BCUT2D eigenvalue weighted by atomic mass is 16.2. The summed E-state index contributed by atoms with van der Waals surface area (Å²) in [6, 6.07) is 16.6. The molecular weight excluding hydrogens is 390 g/mol. The number of anilines is 3. The molecule has 0 spiro atoms. The minimum atomic E-state index is -0.0498. The van der Waals surface area contributed by atoms with Crippen molar-refractivity contribution in [1.29, 1.82) is 0 Å². The van der Waals surface area contributed by atoms with Crippen molar-refractivity contribution < 1.29 is 4.79 Å². The van der Waals surface area contributed by atoms with Crippen LogP contribution < -0.4 is 15.5 Å². The highest BCUT2D eigenvalue weighted by molar-refractivity contribution is 6.00. The molecule has 0 aliphatic carbocycles. The third kappa shape index (κ3) is 3.79. The summed E-state index contributed by atoms with van der Waals surface area (Å²) in [7, 11) is 1.86. The first kappa shape index (κ1) is 19.0. The summed E-state index contributed by atoms with van der Waals surface area (Å²) < 4.78 is 2.15. The minimum absolute atomic E-state index is 0.0498. The average molecular weight is 413 g/mol. The first-order valence-electron chi connectivity index (χ1n) is 10.2. The third-order valence-corrected chi connectivity index (χ3v) is 5.43. The van der Waals surface area contributed by atoms with Crippen molar-refractivity contribution in [2.24, 2.45) is 0 Å². The van der Waals surface area contributed by atoms with Gasteiger partial charge in [0.1, 0.15) is 5.69 Å². The maximum absolute atomic E-state index is 11.7. The van der Waals surface area contributed by atoms with E-state index in [2.05, 4.69) is 60.5 Å². The number of benzene rings is 2. The van der Waals surface area contributed by atoms with Crippen LogP contribution in [0, 0.1) is 6.92 Å². The molecule has 0 saturated carbocycles. The van der Waals surface area contributed by atoms with E-state index in [0.29, 0.717) is 18.2 Å². The molecule has 0 unspecified atom stereocenters. The summed E-state index contributed by atoms with van der Waals surface area (Å²) in [5.41, 5.74) is 5.92. The zero-order chi connectivity index (χ0) is 21.4. The van der Waals surface area contributed by atoms with Crippen molar-refractivity contribution in [3.05, 3.63) is 71.7 Å². The number of rotatable bonds is 5. The fraction of sp³-hybridized carbons (Fsp3) is 0.217. The zero-order valence-corrected chi connectivity index (χ0v) is 17.5. The fourth-order valence-corrected chi connectivity index (χ4v) is 3.81. The molecule has 0 atom stereocenters. The number of carbonyl (C=O) groups is 1. The van der Waals surface area contributed by atoms with Gasteiger partial charge in [-0.05, 0) is 30.2 Å². The van der Waals surface area contributed by atoms with Crippen LogP contribution in [-0.2, 0) is 17.9 Å². The van der Waals surface area contributed by atoms with Gasteiger partial charge in [-0.1, -0.05) is 36.4 Å². The fourth-order valence-electron chi connectivity index (χ4n) is 3.81. The average Bonchev–Trinajstić information content (AvgIpc) is 3.17. The van der Waals surface area contributed by atoms with Crippen LogP contribution in [0.1, 0.15) is 16.8 Å². The van der Waals surface area contributed by atoms with Gasteiger partial charge >= 0.3 is 0 Å². The maximum Gasteiger partial charge on any atom is 0.244 e. The molecule has 1 amide bonds. The largest absolute Gasteiger partial charge is 0.350 e. The Morgan fingerprint density at radius 2 is 1.84 bits per heavy atom. The smallest absolute Gasteiger partial charge is 0.244 e. The Labute approximate surface area is 180 Å². The van der Waals surface area contributed by atoms with Crippen molar-refractivity contribution in [2.75, 3.05) is 29.1 Å². The molecular formula is C23H23N7O. The zero-order valence-electron chi connectivity index (χ0n) is 17.5. The molecule has 4 aromatic rings. The number of nitrogens with one attached hydrogen (secondary N) is 2. The predicted octanol–water partition coefficient (Wildman–Crippen LogP) is 3.18. The first-order chi connectivity index (χ1) is 15.1. The lowest BCUT2D eigenvalue weighted by Gasteiger charge is -2.27. The number of likely N-dealkylation sites (N-methyl/N-ethyl adjacent to an activating group) is 1. The Hall–Kier alpha value is -3.94. The van der Waals surface area contributed by atoms with Crippen LogP contribution in [0.15, 0.2) is 54.9 Å². The highest BCUT2D eigenvalue weighted by Gasteiger charge is 2.23. The van der Waals surface area contributed by atoms with E-state index in [0.717, 1.165) is 34.7 Å². The van der Waals surface area contributed by atoms with E-state index in [4.69, 9.17) is 0 Å². The van der Waals surface area contributed by atoms with Crippen LogP contribution in [0.3, 0.4) is 0 Å². The lowest BCUT2D eigenvalue weighted by atomic mass is 10.1. The van der Waals surface area contributed by atoms with E-state index in [-0.39, 0.29) is 12.5 Å². The Bertz CT molecular complexity index is 1260. The third-order valence-electron chi connectivity index (χ3n) is 5.43. The Balaban J connectivity index is 1.27. The van der Waals surface area contributed by atoms with Crippen molar-refractivity contribution in [1.82, 2.24) is 19.5 Å². The summed E-state index contributed by atoms with van der Waals surface area (Å²) in [4.78, 5) is 27.1. The topological polar surface area (TPSA) is 88.0 Å². The van der Waals surface area contributed by atoms with E-state index >= 15 is 0 Å². The van der Waals surface area contributed by atoms with Gasteiger partial charge < -0.3 is 20.1 Å². The number of nitrogens with zero attached hydrogens (tertiary/aromatic N) is 5. The highest BCUT2D eigenvalue weighted by Crippen LogP contribution is 2.29. The van der Waals surface area contributed by atoms with Crippen LogP contribution in [-0.4, -0.2) is 39.0 Å². The molecule has 0 fully saturated rings. The molecule has 0 bridgehead atoms. The summed E-state index contributed by atoms with van der Waals surface area (Å²) in [6.45, 7) is 3.55. The van der Waals surface area contributed by atoms with Crippen LogP contribution in [0.2, 0.25) is 0 Å². The summed E-state index contributed by atoms with van der Waals surface area (Å²) >= 11 is 0. The number of carbonyl (C=O) groups excluding carboxylic acids is 1. The number of imidazole rings is 1. The van der Waals surface area contributed by atoms with Gasteiger partial charge in [-0.2, -0.15) is 4.98 Å². The normalized spacial score (nSPS) is 13.2. The lowest BCUT2D eigenvalue weighted by Crippen LogP contribution is -2.36. The Kier molecular flexibility index (Phi) is 4.74. The van der Waals surface area contributed by atoms with Gasteiger partial charge in [-0.15, -0.1) is 0 Å². The molecule has 2 aromatic carbocycles. The molecule has 31 heavy (non-hydrogen) atoms. The van der Waals surface area contributed by atoms with Crippen molar-refractivity contribution >= 4 is 34.4 Å². The van der Waals surface area contributed by atoms with Gasteiger partial charge in [0.05, 0.1) is 29.6 Å². The number of para-hydroxylation sites is 2. The maximum atomic E-state index is 11.7. The minimum Gasteiger partial charge on any atom is -0.350 e. The Morgan fingerprint density at radius 1 is 1.06 bits per heavy atom. The molecule has 0 saturated heterocycles. The van der Waals surface area contributed by atoms with Crippen LogP contribution in [0.5, 0.6) is 0 Å². The second-order valence-electron chi connectivity index (χ2n) is 7.77. The predicted molar refractivity (Wildman–Crippen MR) is 121 cm³/mol. The molecule has 0 radical (unpaired) electrons. The molecule has 156 valence electrons. The van der Waals surface area contributed by atoms with Crippen molar-refractivity contribution in [2.45, 2.75) is 20.0 Å². The molecule has 8 heteroatoms. The Morgan fingerprint density at radius 3 is 2.68 bits per heavy atom. The lowest BCUT2D eigenvalue weighted by molar-refractivity contribution is -0.115. The van der Waals surface area contributed by atoms with E-state index < -0.39 is 0 Å². The number of aromatic nitrogens is 4. The van der Waals surface area contributed by atoms with Gasteiger partial charge in [0.2, 0.25) is 11.9 Å². The van der Waals surface area contributed by atoms with Crippen LogP contribution in [0.25, 0.3) is 11.0 Å². The second kappa shape index (κ2) is 7.71. The van der Waals surface area contributed by atoms with Gasteiger partial charge in [-0.25, -0.2) is 9.97 Å². The van der Waals surface area contributed by atoms with Gasteiger partial charge in [0.15, 0.2) is 5.82 Å². The van der Waals surface area contributed by atoms with E-state index in [9.17, 15) is 4.79 Å². The molecule has 2 N–H and O–H groups in total. The van der Waals surface area contributed by atoms with Gasteiger partial charge in [0, 0.05) is 20.1 Å². The van der Waals surface area contributed by atoms with E-state index in [1.165, 1.54) is 5.56 Å². The molecule has 5 rings (SSSR count). The van der Waals surface area contributed by atoms with Crippen molar-refractivity contribution in [3.8, 4) is 0 Å². The summed E-state index contributed by atoms with van der Waals surface area (Å²) in [5.74, 6) is 1.23. The van der Waals surface area contributed by atoms with E-state index in [1.807, 2.05) is 43.4 Å². The van der Waals surface area contributed by atoms with Crippen molar-refractivity contribution in [3.63, 3.8) is 0 Å². The number of fused-ring (bicyclic) bond motifs is 2. The van der Waals surface area contributed by atoms with Gasteiger partial charge in [0.25, 0.3) is 0 Å². The molecule has 1 aliphatic heterocycles. The van der Waals surface area contributed by atoms with Crippen LogP contribution in [0.4, 0.5) is 17.5 Å². The summed E-state index contributed by atoms with van der Waals surface area (Å²) in [6.07, 6.45) is 1.88. The van der Waals surface area contributed by atoms with Crippen LogP contribution >= 0.6 is 0 Å². The van der Waals surface area contributed by atoms with E-state index in [1.54, 1.807) is 0 Å². The monoisotopic (exact) mass is 413 g/mol. The number of hydrogen-bond acceptors (Lipinski definition) is 6. The molecule has 8 nitrogen and oxygen atoms in total. The number of aryl methyl sites for hydroxylation is 1. The number of amides is 1. The SMILES string of the molecule is Cc1nc(NCc2ccc(Cn3cnc4ccccc43)cc2)nc2c1NC(=O)CN2C. The van der Waals surface area contributed by atoms with Gasteiger partial charge in [-0.3, -0.25) is 4.79 Å². The quantitative estimate of drug-likeness (QED) is 0.523. The molecule has 2 aromatic heterocycles. The summed E-state index contributed by atoms with van der Waals surface area (Å²) in [5, 5.41) is 6.15. The molecule has 3 heterocycles. The molecule has 1 aliphatic rings. The number of hydrogen-bond donors (Lipinski definition) is 2. The second-order valence-corrected chi connectivity index (χ2v) is 7.77. The standard InChI is InChI=1S/C23H23N7O/c1-15-21-22(29(2)13-20(31)27-21)28-23(26-15)24-11-16-7-9-17(10-8-16)12-30-14-25-18-5-3-4-6-19(18)30/h3-10,14H,11-13H2,1-2H3,(H,27,31)(H,24,26,28). The first-order valence-corrected chi connectivity index (χ1v) is 10.2.